The Morgan fingerprint density at radius 2 is 1.90 bits per heavy atom. The van der Waals surface area contributed by atoms with E-state index in [0.717, 1.165) is 18.9 Å². The van der Waals surface area contributed by atoms with Crippen LogP contribution in [0.2, 0.25) is 0 Å². The van der Waals surface area contributed by atoms with Crippen LogP contribution in [-0.2, 0) is 18.6 Å². The molecular weight excluding hydrogens is 262 g/mol. The summed E-state index contributed by atoms with van der Waals surface area (Å²) in [4.78, 5) is 6.33. The van der Waals surface area contributed by atoms with E-state index in [9.17, 15) is 0 Å². The summed E-state index contributed by atoms with van der Waals surface area (Å²) in [6.07, 6.45) is 5.88. The summed E-state index contributed by atoms with van der Waals surface area (Å²) in [6, 6.07) is 4.14. The summed E-state index contributed by atoms with van der Waals surface area (Å²) < 4.78 is 2.00. The van der Waals surface area contributed by atoms with Crippen LogP contribution in [0.25, 0.3) is 0 Å². The summed E-state index contributed by atoms with van der Waals surface area (Å²) in [7, 11) is 4.00. The highest BCUT2D eigenvalue weighted by molar-refractivity contribution is 5.38. The largest absolute Gasteiger partial charge is 0.363 e. The Hall–Kier alpha value is -1.88. The monoisotopic (exact) mass is 287 g/mol. The second-order valence-electron chi connectivity index (χ2n) is 6.48. The predicted molar refractivity (Wildman–Crippen MR) is 86.3 cm³/mol. The number of anilines is 1. The molecule has 0 aliphatic carbocycles. The van der Waals surface area contributed by atoms with Crippen LogP contribution < -0.4 is 10.2 Å². The van der Waals surface area contributed by atoms with Crippen LogP contribution in [0.3, 0.4) is 0 Å². The zero-order chi connectivity index (χ0) is 15.5. The molecule has 0 aliphatic heterocycles. The number of nitrogens with one attached hydrogen (secondary N) is 1. The maximum atomic E-state index is 4.41. The molecule has 0 radical (unpaired) electrons. The molecule has 0 aromatic carbocycles. The number of rotatable bonds is 5. The van der Waals surface area contributed by atoms with Crippen molar-refractivity contribution in [3.8, 4) is 0 Å². The maximum absolute atomic E-state index is 4.41. The molecular formula is C16H25N5. The summed E-state index contributed by atoms with van der Waals surface area (Å²) >= 11 is 0. The fraction of sp³-hybridized carbons (Fsp3) is 0.500. The molecule has 114 valence electrons. The Morgan fingerprint density at radius 1 is 1.19 bits per heavy atom. The van der Waals surface area contributed by atoms with E-state index in [0.29, 0.717) is 0 Å². The third kappa shape index (κ3) is 4.29. The van der Waals surface area contributed by atoms with E-state index in [-0.39, 0.29) is 5.54 Å². The number of aromatic nitrogens is 3. The molecule has 0 spiro atoms. The van der Waals surface area contributed by atoms with Crippen LogP contribution in [0.4, 0.5) is 5.82 Å². The Kier molecular flexibility index (Phi) is 4.63. The molecule has 2 aromatic rings. The SMILES string of the molecule is CN(C)c1cc(CNCc2cnn(C(C)(C)C)c2)ccn1. The minimum atomic E-state index is 0.0317. The minimum absolute atomic E-state index is 0.0317. The average molecular weight is 287 g/mol. The molecule has 0 fully saturated rings. The van der Waals surface area contributed by atoms with Crippen LogP contribution in [0, 0.1) is 0 Å². The highest BCUT2D eigenvalue weighted by Crippen LogP contribution is 2.13. The molecule has 0 saturated carbocycles. The van der Waals surface area contributed by atoms with E-state index >= 15 is 0 Å². The Bertz CT molecular complexity index is 580. The van der Waals surface area contributed by atoms with Gasteiger partial charge in [0.25, 0.3) is 0 Å². The molecule has 0 saturated heterocycles. The first-order valence-electron chi connectivity index (χ1n) is 7.23. The lowest BCUT2D eigenvalue weighted by Gasteiger charge is -2.18. The molecule has 0 unspecified atom stereocenters. The zero-order valence-corrected chi connectivity index (χ0v) is 13.6. The molecule has 0 atom stereocenters. The van der Waals surface area contributed by atoms with Gasteiger partial charge >= 0.3 is 0 Å². The first-order valence-corrected chi connectivity index (χ1v) is 7.23. The van der Waals surface area contributed by atoms with E-state index in [2.05, 4.69) is 48.4 Å². The van der Waals surface area contributed by atoms with Crippen LogP contribution in [-0.4, -0.2) is 28.9 Å². The van der Waals surface area contributed by atoms with Crippen molar-refractivity contribution in [2.45, 2.75) is 39.4 Å². The molecule has 5 heteroatoms. The Morgan fingerprint density at radius 3 is 2.52 bits per heavy atom. The van der Waals surface area contributed by atoms with E-state index in [1.807, 2.05) is 42.1 Å². The third-order valence-electron chi connectivity index (χ3n) is 3.25. The van der Waals surface area contributed by atoms with Gasteiger partial charge in [-0.05, 0) is 38.5 Å². The summed E-state index contributed by atoms with van der Waals surface area (Å²) in [5.41, 5.74) is 2.47. The van der Waals surface area contributed by atoms with Crippen LogP contribution >= 0.6 is 0 Å². The molecule has 2 heterocycles. The Balaban J connectivity index is 1.90. The molecule has 2 rings (SSSR count). The normalized spacial score (nSPS) is 11.7. The van der Waals surface area contributed by atoms with Gasteiger partial charge in [0.2, 0.25) is 0 Å². The molecule has 0 bridgehead atoms. The molecule has 0 aliphatic rings. The summed E-state index contributed by atoms with van der Waals surface area (Å²) in [5.74, 6) is 0.981. The van der Waals surface area contributed by atoms with Gasteiger partial charge < -0.3 is 10.2 Å². The minimum Gasteiger partial charge on any atom is -0.363 e. The highest BCUT2D eigenvalue weighted by Gasteiger charge is 2.13. The highest BCUT2D eigenvalue weighted by atomic mass is 15.3. The van der Waals surface area contributed by atoms with Crippen molar-refractivity contribution in [2.24, 2.45) is 0 Å². The van der Waals surface area contributed by atoms with Crippen molar-refractivity contribution in [3.63, 3.8) is 0 Å². The van der Waals surface area contributed by atoms with Crippen molar-refractivity contribution < 1.29 is 0 Å². The Labute approximate surface area is 127 Å². The first kappa shape index (κ1) is 15.5. The topological polar surface area (TPSA) is 46.0 Å². The van der Waals surface area contributed by atoms with Gasteiger partial charge in [0.1, 0.15) is 5.82 Å². The van der Waals surface area contributed by atoms with E-state index in [4.69, 9.17) is 0 Å². The quantitative estimate of drug-likeness (QED) is 0.917. The zero-order valence-electron chi connectivity index (χ0n) is 13.6. The van der Waals surface area contributed by atoms with Gasteiger partial charge in [-0.15, -0.1) is 0 Å². The van der Waals surface area contributed by atoms with Crippen molar-refractivity contribution >= 4 is 5.82 Å². The van der Waals surface area contributed by atoms with Crippen molar-refractivity contribution in [2.75, 3.05) is 19.0 Å². The van der Waals surface area contributed by atoms with Gasteiger partial charge in [0, 0.05) is 45.1 Å². The first-order chi connectivity index (χ1) is 9.86. The fourth-order valence-electron chi connectivity index (χ4n) is 1.98. The maximum Gasteiger partial charge on any atom is 0.128 e. The van der Waals surface area contributed by atoms with Gasteiger partial charge in [-0.3, -0.25) is 4.68 Å². The second-order valence-corrected chi connectivity index (χ2v) is 6.48. The smallest absolute Gasteiger partial charge is 0.128 e. The van der Waals surface area contributed by atoms with Gasteiger partial charge in [-0.1, -0.05) is 0 Å². The number of hydrogen-bond donors (Lipinski definition) is 1. The lowest BCUT2D eigenvalue weighted by molar-refractivity contribution is 0.355. The van der Waals surface area contributed by atoms with Gasteiger partial charge in [-0.25, -0.2) is 4.98 Å². The molecule has 0 amide bonds. The van der Waals surface area contributed by atoms with Crippen LogP contribution in [0.1, 0.15) is 31.9 Å². The van der Waals surface area contributed by atoms with E-state index in [1.165, 1.54) is 11.1 Å². The van der Waals surface area contributed by atoms with E-state index < -0.39 is 0 Å². The standard InChI is InChI=1S/C16H25N5/c1-16(2,3)21-12-14(11-19-21)10-17-9-13-6-7-18-15(8-13)20(4)5/h6-8,11-12,17H,9-10H2,1-5H3. The van der Waals surface area contributed by atoms with Gasteiger partial charge in [-0.2, -0.15) is 5.10 Å². The second kappa shape index (κ2) is 6.26. The van der Waals surface area contributed by atoms with Crippen molar-refractivity contribution in [3.05, 3.63) is 41.9 Å². The van der Waals surface area contributed by atoms with Gasteiger partial charge in [0.15, 0.2) is 0 Å². The summed E-state index contributed by atoms with van der Waals surface area (Å²) in [5, 5.41) is 7.86. The molecule has 2 aromatic heterocycles. The van der Waals surface area contributed by atoms with Crippen LogP contribution in [0.5, 0.6) is 0 Å². The van der Waals surface area contributed by atoms with Crippen molar-refractivity contribution in [1.82, 2.24) is 20.1 Å². The molecule has 5 nitrogen and oxygen atoms in total. The lowest BCUT2D eigenvalue weighted by Crippen LogP contribution is -2.22. The van der Waals surface area contributed by atoms with Crippen molar-refractivity contribution in [1.29, 1.82) is 0 Å². The van der Waals surface area contributed by atoms with Gasteiger partial charge in [0.05, 0.1) is 11.7 Å². The average Bonchev–Trinajstić information content (AvgIpc) is 2.88. The number of nitrogens with zero attached hydrogens (tertiary/aromatic N) is 4. The lowest BCUT2D eigenvalue weighted by atomic mass is 10.1. The number of pyridine rings is 1. The van der Waals surface area contributed by atoms with E-state index in [1.54, 1.807) is 0 Å². The molecule has 1 N–H and O–H groups in total. The summed E-state index contributed by atoms with van der Waals surface area (Å²) in [6.45, 7) is 8.09. The molecule has 21 heavy (non-hydrogen) atoms. The van der Waals surface area contributed by atoms with Crippen LogP contribution in [0.15, 0.2) is 30.7 Å². The predicted octanol–water partition coefficient (Wildman–Crippen LogP) is 2.39. The number of hydrogen-bond acceptors (Lipinski definition) is 4. The fourth-order valence-corrected chi connectivity index (χ4v) is 1.98. The third-order valence-corrected chi connectivity index (χ3v) is 3.25.